The summed E-state index contributed by atoms with van der Waals surface area (Å²) in [5.74, 6) is 0.158. The van der Waals surface area contributed by atoms with Gasteiger partial charge in [0, 0.05) is 23.1 Å². The van der Waals surface area contributed by atoms with Crippen molar-refractivity contribution in [2.24, 2.45) is 5.92 Å². The Kier molecular flexibility index (Phi) is 3.39. The highest BCUT2D eigenvalue weighted by Crippen LogP contribution is 2.44. The summed E-state index contributed by atoms with van der Waals surface area (Å²) in [6, 6.07) is 3.85. The lowest BCUT2D eigenvalue weighted by molar-refractivity contribution is -0.163. The van der Waals surface area contributed by atoms with Gasteiger partial charge in [-0.2, -0.15) is 0 Å². The van der Waals surface area contributed by atoms with E-state index in [1.54, 1.807) is 0 Å². The number of rotatable bonds is 1. The average molecular weight is 339 g/mol. The topological polar surface area (TPSA) is 52.6 Å². The molecular formula is C15H19BrN2O2. The number of hydrogen-bond acceptors (Lipinski definition) is 3. The molecule has 3 rings (SSSR count). The van der Waals surface area contributed by atoms with Gasteiger partial charge >= 0.3 is 0 Å². The largest absolute Gasteiger partial charge is 0.364 e. The maximum atomic E-state index is 12.4. The summed E-state index contributed by atoms with van der Waals surface area (Å²) in [6.07, 6.45) is 2.16. The predicted molar refractivity (Wildman–Crippen MR) is 81.4 cm³/mol. The van der Waals surface area contributed by atoms with Gasteiger partial charge in [-0.3, -0.25) is 9.69 Å². The number of likely N-dealkylation sites (tertiary alicyclic amines) is 1. The van der Waals surface area contributed by atoms with Crippen LogP contribution in [-0.4, -0.2) is 29.0 Å². The fourth-order valence-electron chi connectivity index (χ4n) is 3.26. The molecule has 1 amide bonds. The number of piperidine rings is 1. The van der Waals surface area contributed by atoms with Crippen molar-refractivity contribution in [2.45, 2.75) is 32.4 Å². The highest BCUT2D eigenvalue weighted by Gasteiger charge is 2.51. The number of aryl methyl sites for hydroxylation is 1. The summed E-state index contributed by atoms with van der Waals surface area (Å²) in [7, 11) is 0. The van der Waals surface area contributed by atoms with Crippen LogP contribution in [0.2, 0.25) is 0 Å². The number of nitrogens with zero attached hydrogens (tertiary/aromatic N) is 1. The van der Waals surface area contributed by atoms with Crippen LogP contribution in [0.25, 0.3) is 0 Å². The van der Waals surface area contributed by atoms with Crippen LogP contribution in [0.15, 0.2) is 16.6 Å². The summed E-state index contributed by atoms with van der Waals surface area (Å²) in [6.45, 7) is 5.62. The van der Waals surface area contributed by atoms with E-state index in [1.165, 1.54) is 0 Å². The Morgan fingerprint density at radius 3 is 2.95 bits per heavy atom. The van der Waals surface area contributed by atoms with Crippen LogP contribution in [0, 0.1) is 12.8 Å². The van der Waals surface area contributed by atoms with E-state index in [0.717, 1.165) is 36.0 Å². The normalized spacial score (nSPS) is 30.2. The van der Waals surface area contributed by atoms with Gasteiger partial charge in [-0.15, -0.1) is 0 Å². The Bertz CT molecular complexity index is 575. The third-order valence-corrected chi connectivity index (χ3v) is 4.91. The van der Waals surface area contributed by atoms with Crippen molar-refractivity contribution < 1.29 is 9.90 Å². The molecule has 2 aliphatic heterocycles. The number of nitrogens with one attached hydrogen (secondary N) is 1. The zero-order chi connectivity index (χ0) is 14.5. The second-order valence-electron chi connectivity index (χ2n) is 5.99. The van der Waals surface area contributed by atoms with Gasteiger partial charge in [0.15, 0.2) is 0 Å². The second kappa shape index (κ2) is 4.83. The summed E-state index contributed by atoms with van der Waals surface area (Å²) in [5, 5.41) is 13.9. The molecule has 1 aromatic carbocycles. The molecule has 0 aliphatic carbocycles. The number of carbonyl (C=O) groups is 1. The number of halogens is 1. The van der Waals surface area contributed by atoms with E-state index >= 15 is 0 Å². The molecule has 5 heteroatoms. The molecule has 0 radical (unpaired) electrons. The van der Waals surface area contributed by atoms with Crippen molar-refractivity contribution in [3.63, 3.8) is 0 Å². The third kappa shape index (κ3) is 2.00. The molecule has 1 fully saturated rings. The van der Waals surface area contributed by atoms with Gasteiger partial charge in [0.2, 0.25) is 5.72 Å². The standard InChI is InChI=1S/C15H19BrN2O2/c1-9-4-3-5-18(8-9)15(20)11-6-10(2)7-12(16)13(11)17-14(15)19/h6-7,9,20H,3-5,8H2,1-2H3,(H,17,19). The molecule has 0 bridgehead atoms. The Morgan fingerprint density at radius 1 is 1.50 bits per heavy atom. The number of amides is 1. The molecule has 108 valence electrons. The lowest BCUT2D eigenvalue weighted by Crippen LogP contribution is -2.54. The van der Waals surface area contributed by atoms with Gasteiger partial charge in [0.25, 0.3) is 5.91 Å². The van der Waals surface area contributed by atoms with E-state index in [9.17, 15) is 9.90 Å². The number of carbonyl (C=O) groups excluding carboxylic acids is 1. The molecule has 20 heavy (non-hydrogen) atoms. The van der Waals surface area contributed by atoms with E-state index < -0.39 is 5.72 Å². The maximum Gasteiger partial charge on any atom is 0.277 e. The highest BCUT2D eigenvalue weighted by molar-refractivity contribution is 9.10. The molecule has 1 aromatic rings. The SMILES string of the molecule is Cc1cc(Br)c2c(c1)C(O)(N1CCCC(C)C1)C(=O)N2. The lowest BCUT2D eigenvalue weighted by Gasteiger charge is -2.40. The summed E-state index contributed by atoms with van der Waals surface area (Å²) in [5.41, 5.74) is 0.860. The van der Waals surface area contributed by atoms with Crippen LogP contribution >= 0.6 is 15.9 Å². The first-order valence-electron chi connectivity index (χ1n) is 7.02. The zero-order valence-corrected chi connectivity index (χ0v) is 13.3. The smallest absolute Gasteiger partial charge is 0.277 e. The molecule has 2 atom stereocenters. The summed E-state index contributed by atoms with van der Waals surface area (Å²) in [4.78, 5) is 14.3. The Labute approximate surface area is 127 Å². The van der Waals surface area contributed by atoms with Crippen LogP contribution in [0.3, 0.4) is 0 Å². The number of fused-ring (bicyclic) bond motifs is 1. The first-order chi connectivity index (χ1) is 9.42. The monoisotopic (exact) mass is 338 g/mol. The van der Waals surface area contributed by atoms with Crippen molar-refractivity contribution in [3.8, 4) is 0 Å². The highest BCUT2D eigenvalue weighted by atomic mass is 79.9. The van der Waals surface area contributed by atoms with Gasteiger partial charge in [-0.05, 0) is 59.3 Å². The first kappa shape index (κ1) is 14.0. The quantitative estimate of drug-likeness (QED) is 0.827. The molecule has 2 heterocycles. The van der Waals surface area contributed by atoms with Crippen molar-refractivity contribution in [1.82, 2.24) is 4.90 Å². The molecular weight excluding hydrogens is 320 g/mol. The predicted octanol–water partition coefficient (Wildman–Crippen LogP) is 2.59. The van der Waals surface area contributed by atoms with Crippen LogP contribution in [-0.2, 0) is 10.5 Å². The van der Waals surface area contributed by atoms with Crippen LogP contribution in [0.5, 0.6) is 0 Å². The summed E-state index contributed by atoms with van der Waals surface area (Å²) >= 11 is 3.47. The van der Waals surface area contributed by atoms with Gasteiger partial charge in [-0.25, -0.2) is 0 Å². The fraction of sp³-hybridized carbons (Fsp3) is 0.533. The van der Waals surface area contributed by atoms with Crippen molar-refractivity contribution in [2.75, 3.05) is 18.4 Å². The lowest BCUT2D eigenvalue weighted by atomic mass is 9.94. The minimum Gasteiger partial charge on any atom is -0.364 e. The number of aliphatic hydroxyl groups is 1. The van der Waals surface area contributed by atoms with Crippen LogP contribution < -0.4 is 5.32 Å². The van der Waals surface area contributed by atoms with Crippen molar-refractivity contribution in [1.29, 1.82) is 0 Å². The molecule has 0 saturated carbocycles. The Balaban J connectivity index is 2.08. The van der Waals surface area contributed by atoms with E-state index in [1.807, 2.05) is 24.0 Å². The molecule has 0 spiro atoms. The van der Waals surface area contributed by atoms with Crippen molar-refractivity contribution in [3.05, 3.63) is 27.7 Å². The molecule has 2 N–H and O–H groups in total. The van der Waals surface area contributed by atoms with E-state index in [-0.39, 0.29) is 5.91 Å². The fourth-order valence-corrected chi connectivity index (χ4v) is 3.94. The molecule has 2 aliphatic rings. The number of benzene rings is 1. The minimum atomic E-state index is -1.53. The van der Waals surface area contributed by atoms with E-state index in [0.29, 0.717) is 17.2 Å². The first-order valence-corrected chi connectivity index (χ1v) is 7.81. The summed E-state index contributed by atoms with van der Waals surface area (Å²) < 4.78 is 0.821. The van der Waals surface area contributed by atoms with Gasteiger partial charge in [-0.1, -0.05) is 6.92 Å². The van der Waals surface area contributed by atoms with E-state index in [2.05, 4.69) is 28.2 Å². The molecule has 2 unspecified atom stereocenters. The molecule has 0 aromatic heterocycles. The van der Waals surface area contributed by atoms with Crippen LogP contribution in [0.4, 0.5) is 5.69 Å². The van der Waals surface area contributed by atoms with Gasteiger partial charge < -0.3 is 10.4 Å². The maximum absolute atomic E-state index is 12.4. The second-order valence-corrected chi connectivity index (χ2v) is 6.84. The number of anilines is 1. The Morgan fingerprint density at radius 2 is 2.25 bits per heavy atom. The van der Waals surface area contributed by atoms with Crippen LogP contribution in [0.1, 0.15) is 30.9 Å². The van der Waals surface area contributed by atoms with Crippen molar-refractivity contribution >= 4 is 27.5 Å². The average Bonchev–Trinajstić information content (AvgIpc) is 2.64. The third-order valence-electron chi connectivity index (χ3n) is 4.28. The number of hydrogen-bond donors (Lipinski definition) is 2. The van der Waals surface area contributed by atoms with Gasteiger partial charge in [0.05, 0.1) is 5.69 Å². The zero-order valence-electron chi connectivity index (χ0n) is 11.7. The molecule has 1 saturated heterocycles. The van der Waals surface area contributed by atoms with Gasteiger partial charge in [0.1, 0.15) is 0 Å². The Hall–Kier alpha value is -0.910. The minimum absolute atomic E-state index is 0.340. The van der Waals surface area contributed by atoms with E-state index in [4.69, 9.17) is 0 Å². The molecule has 4 nitrogen and oxygen atoms in total.